The molecule has 0 aliphatic rings. The maximum Gasteiger partial charge on any atom is 0.411 e. The van der Waals surface area contributed by atoms with Gasteiger partial charge in [-0.2, -0.15) is 4.68 Å². The Balaban J connectivity index is 2.03. The SMILES string of the molecule is COCCOC(=O)Nc1cccc(-n2nnnc2S)c1. The predicted molar refractivity (Wildman–Crippen MR) is 73.3 cm³/mol. The molecule has 0 unspecified atom stereocenters. The minimum atomic E-state index is -0.554. The van der Waals surface area contributed by atoms with Crippen molar-refractivity contribution in [3.05, 3.63) is 24.3 Å². The fourth-order valence-electron chi connectivity index (χ4n) is 1.44. The molecule has 2 rings (SSSR count). The summed E-state index contributed by atoms with van der Waals surface area (Å²) >= 11 is 4.12. The van der Waals surface area contributed by atoms with Gasteiger partial charge in [-0.25, -0.2) is 4.79 Å². The fraction of sp³-hybridized carbons (Fsp3) is 0.273. The molecule has 0 aliphatic carbocycles. The summed E-state index contributed by atoms with van der Waals surface area (Å²) < 4.78 is 11.1. The summed E-state index contributed by atoms with van der Waals surface area (Å²) in [5.74, 6) is 0. The molecule has 0 saturated carbocycles. The van der Waals surface area contributed by atoms with E-state index in [4.69, 9.17) is 9.47 Å². The number of anilines is 1. The van der Waals surface area contributed by atoms with Crippen LogP contribution >= 0.6 is 12.6 Å². The van der Waals surface area contributed by atoms with E-state index in [2.05, 4.69) is 33.5 Å². The molecule has 0 bridgehead atoms. The van der Waals surface area contributed by atoms with Crippen LogP contribution in [0.3, 0.4) is 0 Å². The Morgan fingerprint density at radius 2 is 2.30 bits per heavy atom. The van der Waals surface area contributed by atoms with Crippen LogP contribution in [-0.4, -0.2) is 46.6 Å². The van der Waals surface area contributed by atoms with E-state index in [0.717, 1.165) is 0 Å². The molecule has 0 saturated heterocycles. The number of rotatable bonds is 5. The molecule has 0 radical (unpaired) electrons. The summed E-state index contributed by atoms with van der Waals surface area (Å²) in [6.07, 6.45) is -0.554. The normalized spacial score (nSPS) is 10.3. The number of thiol groups is 1. The first-order valence-corrected chi connectivity index (χ1v) is 6.16. The van der Waals surface area contributed by atoms with E-state index in [9.17, 15) is 4.79 Å². The van der Waals surface area contributed by atoms with Gasteiger partial charge in [-0.3, -0.25) is 5.32 Å². The number of carbonyl (C=O) groups excluding carboxylic acids is 1. The largest absolute Gasteiger partial charge is 0.447 e. The highest BCUT2D eigenvalue weighted by Crippen LogP contribution is 2.16. The Bertz CT molecular complexity index is 589. The molecule has 8 nitrogen and oxygen atoms in total. The molecule has 1 aromatic carbocycles. The van der Waals surface area contributed by atoms with Gasteiger partial charge in [-0.05, 0) is 28.6 Å². The molecule has 1 heterocycles. The Hall–Kier alpha value is -2.13. The zero-order valence-corrected chi connectivity index (χ0v) is 11.6. The van der Waals surface area contributed by atoms with E-state index < -0.39 is 6.09 Å². The lowest BCUT2D eigenvalue weighted by atomic mass is 10.3. The van der Waals surface area contributed by atoms with E-state index in [0.29, 0.717) is 23.1 Å². The number of hydrogen-bond acceptors (Lipinski definition) is 7. The molecule has 106 valence electrons. The molecule has 0 spiro atoms. The number of carbonyl (C=O) groups is 1. The lowest BCUT2D eigenvalue weighted by Gasteiger charge is -2.08. The monoisotopic (exact) mass is 295 g/mol. The van der Waals surface area contributed by atoms with Gasteiger partial charge < -0.3 is 9.47 Å². The van der Waals surface area contributed by atoms with Gasteiger partial charge in [0.2, 0.25) is 5.16 Å². The number of nitrogens with zero attached hydrogens (tertiary/aromatic N) is 4. The van der Waals surface area contributed by atoms with Crippen molar-refractivity contribution in [2.24, 2.45) is 0 Å². The van der Waals surface area contributed by atoms with Gasteiger partial charge in [0.1, 0.15) is 6.61 Å². The Morgan fingerprint density at radius 3 is 3.00 bits per heavy atom. The smallest absolute Gasteiger partial charge is 0.411 e. The first kappa shape index (κ1) is 14.3. The highest BCUT2D eigenvalue weighted by molar-refractivity contribution is 7.80. The fourth-order valence-corrected chi connectivity index (χ4v) is 1.63. The first-order valence-electron chi connectivity index (χ1n) is 5.71. The van der Waals surface area contributed by atoms with Crippen molar-refractivity contribution >= 4 is 24.4 Å². The highest BCUT2D eigenvalue weighted by atomic mass is 32.1. The lowest BCUT2D eigenvalue weighted by molar-refractivity contribution is 0.107. The number of methoxy groups -OCH3 is 1. The second-order valence-electron chi connectivity index (χ2n) is 3.69. The quantitative estimate of drug-likeness (QED) is 0.635. The van der Waals surface area contributed by atoms with E-state index >= 15 is 0 Å². The van der Waals surface area contributed by atoms with Gasteiger partial charge in [-0.1, -0.05) is 6.07 Å². The molecular weight excluding hydrogens is 282 g/mol. The molecule has 1 amide bonds. The number of nitrogens with one attached hydrogen (secondary N) is 1. The molecule has 2 aromatic rings. The second-order valence-corrected chi connectivity index (χ2v) is 4.09. The number of amides is 1. The average molecular weight is 295 g/mol. The van der Waals surface area contributed by atoms with E-state index in [1.54, 1.807) is 24.3 Å². The summed E-state index contributed by atoms with van der Waals surface area (Å²) in [6.45, 7) is 0.539. The van der Waals surface area contributed by atoms with Crippen LogP contribution in [0.1, 0.15) is 0 Å². The van der Waals surface area contributed by atoms with E-state index in [1.807, 2.05) is 0 Å². The number of hydrogen-bond donors (Lipinski definition) is 2. The number of ether oxygens (including phenoxy) is 2. The van der Waals surface area contributed by atoms with Crippen molar-refractivity contribution in [2.45, 2.75) is 5.16 Å². The van der Waals surface area contributed by atoms with Gasteiger partial charge >= 0.3 is 6.09 Å². The van der Waals surface area contributed by atoms with Crippen molar-refractivity contribution in [1.82, 2.24) is 20.2 Å². The summed E-state index contributed by atoms with van der Waals surface area (Å²) in [7, 11) is 1.53. The molecule has 0 fully saturated rings. The van der Waals surface area contributed by atoms with E-state index in [-0.39, 0.29) is 6.61 Å². The molecule has 1 N–H and O–H groups in total. The zero-order chi connectivity index (χ0) is 14.4. The van der Waals surface area contributed by atoms with Crippen molar-refractivity contribution < 1.29 is 14.3 Å². The predicted octanol–water partition coefficient (Wildman–Crippen LogP) is 1.15. The van der Waals surface area contributed by atoms with Crippen molar-refractivity contribution in [3.63, 3.8) is 0 Å². The van der Waals surface area contributed by atoms with Crippen molar-refractivity contribution in [3.8, 4) is 5.69 Å². The van der Waals surface area contributed by atoms with Crippen molar-refractivity contribution in [1.29, 1.82) is 0 Å². The Labute approximate surface area is 120 Å². The Morgan fingerprint density at radius 1 is 1.45 bits per heavy atom. The van der Waals surface area contributed by atoms with Gasteiger partial charge in [0, 0.05) is 12.8 Å². The summed E-state index contributed by atoms with van der Waals surface area (Å²) in [6, 6.07) is 6.98. The minimum absolute atomic E-state index is 0.190. The standard InChI is InChI=1S/C11H13N5O3S/c1-18-5-6-19-11(17)12-8-3-2-4-9(7-8)16-10(20)13-14-15-16/h2-4,7H,5-6H2,1H3,(H,12,17)(H,13,15,20). The number of benzene rings is 1. The van der Waals surface area contributed by atoms with Crippen LogP contribution in [0.5, 0.6) is 0 Å². The topological polar surface area (TPSA) is 91.2 Å². The zero-order valence-electron chi connectivity index (χ0n) is 10.7. The van der Waals surface area contributed by atoms with Crippen LogP contribution in [0.25, 0.3) is 5.69 Å². The van der Waals surface area contributed by atoms with E-state index in [1.165, 1.54) is 11.8 Å². The van der Waals surface area contributed by atoms with Crippen LogP contribution in [0.4, 0.5) is 10.5 Å². The third-order valence-electron chi connectivity index (χ3n) is 2.31. The minimum Gasteiger partial charge on any atom is -0.447 e. The van der Waals surface area contributed by atoms with Gasteiger partial charge in [-0.15, -0.1) is 17.7 Å². The highest BCUT2D eigenvalue weighted by Gasteiger charge is 2.07. The maximum absolute atomic E-state index is 11.5. The van der Waals surface area contributed by atoms with Gasteiger partial charge in [0.15, 0.2) is 0 Å². The molecule has 0 aliphatic heterocycles. The molecule has 9 heteroatoms. The summed E-state index contributed by atoms with van der Waals surface area (Å²) in [5, 5.41) is 13.9. The summed E-state index contributed by atoms with van der Waals surface area (Å²) in [5.41, 5.74) is 1.24. The molecular formula is C11H13N5O3S. The Kier molecular flexibility index (Phi) is 4.91. The van der Waals surface area contributed by atoms with Crippen LogP contribution in [0.2, 0.25) is 0 Å². The van der Waals surface area contributed by atoms with Gasteiger partial charge in [0.05, 0.1) is 12.3 Å². The van der Waals surface area contributed by atoms with Gasteiger partial charge in [0.25, 0.3) is 0 Å². The van der Waals surface area contributed by atoms with Crippen LogP contribution in [-0.2, 0) is 9.47 Å². The third kappa shape index (κ3) is 3.68. The van der Waals surface area contributed by atoms with Crippen LogP contribution in [0.15, 0.2) is 29.4 Å². The second kappa shape index (κ2) is 6.87. The third-order valence-corrected chi connectivity index (χ3v) is 2.59. The molecule has 1 aromatic heterocycles. The number of tetrazole rings is 1. The lowest BCUT2D eigenvalue weighted by Crippen LogP contribution is -2.16. The summed E-state index contributed by atoms with van der Waals surface area (Å²) in [4.78, 5) is 11.5. The molecule has 0 atom stereocenters. The van der Waals surface area contributed by atoms with Crippen molar-refractivity contribution in [2.75, 3.05) is 25.6 Å². The number of aromatic nitrogens is 4. The first-order chi connectivity index (χ1) is 9.70. The molecule has 20 heavy (non-hydrogen) atoms. The average Bonchev–Trinajstić information content (AvgIpc) is 2.85. The maximum atomic E-state index is 11.5. The van der Waals surface area contributed by atoms with Crippen LogP contribution in [0, 0.1) is 0 Å². The van der Waals surface area contributed by atoms with Crippen LogP contribution < -0.4 is 5.32 Å².